The van der Waals surface area contributed by atoms with E-state index < -0.39 is 7.12 Å². The van der Waals surface area contributed by atoms with E-state index in [1.165, 1.54) is 17.5 Å². The maximum Gasteiger partial charge on any atom is 0.451 e. The summed E-state index contributed by atoms with van der Waals surface area (Å²) in [4.78, 5) is 2.58. The number of rotatable bonds is 9. The van der Waals surface area contributed by atoms with Crippen LogP contribution in [0.25, 0.3) is 0 Å². The highest BCUT2D eigenvalue weighted by molar-refractivity contribution is 6.40. The molecule has 0 amide bonds. The Morgan fingerprint density at radius 1 is 1.22 bits per heavy atom. The van der Waals surface area contributed by atoms with Gasteiger partial charge in [0.1, 0.15) is 0 Å². The summed E-state index contributed by atoms with van der Waals surface area (Å²) >= 11 is 0. The van der Waals surface area contributed by atoms with Gasteiger partial charge in [-0.1, -0.05) is 44.0 Å². The van der Waals surface area contributed by atoms with Gasteiger partial charge in [0.05, 0.1) is 0 Å². The zero-order valence-electron chi connectivity index (χ0n) is 14.3. The lowest BCUT2D eigenvalue weighted by atomic mass is 9.83. The predicted octanol–water partition coefficient (Wildman–Crippen LogP) is 2.18. The highest BCUT2D eigenvalue weighted by Crippen LogP contribution is 2.25. The Labute approximate surface area is 140 Å². The van der Waals surface area contributed by atoms with Crippen LogP contribution in [-0.2, 0) is 13.0 Å². The molecule has 0 saturated carbocycles. The molecule has 23 heavy (non-hydrogen) atoms. The summed E-state index contributed by atoms with van der Waals surface area (Å²) in [6.07, 6.45) is 6.56. The first-order valence-electron chi connectivity index (χ1n) is 9.02. The Hall–Kier alpha value is -0.875. The number of nitrogens with two attached hydrogens (primary N) is 1. The summed E-state index contributed by atoms with van der Waals surface area (Å²) in [7, 11) is -1.18. The molecule has 1 aromatic carbocycles. The second-order valence-electron chi connectivity index (χ2n) is 6.82. The Morgan fingerprint density at radius 3 is 2.65 bits per heavy atom. The molecule has 4 N–H and O–H groups in total. The van der Waals surface area contributed by atoms with Crippen LogP contribution in [0.5, 0.6) is 0 Å². The Kier molecular flexibility index (Phi) is 7.57. The Morgan fingerprint density at radius 2 is 1.96 bits per heavy atom. The summed E-state index contributed by atoms with van der Waals surface area (Å²) in [6.45, 7) is 4.36. The van der Waals surface area contributed by atoms with E-state index in [-0.39, 0.29) is 6.04 Å². The van der Waals surface area contributed by atoms with Crippen LogP contribution in [0.3, 0.4) is 0 Å². The van der Waals surface area contributed by atoms with E-state index in [9.17, 15) is 0 Å². The Balaban J connectivity index is 1.76. The lowest BCUT2D eigenvalue weighted by Gasteiger charge is -2.37. The number of hydrogen-bond donors (Lipinski definition) is 3. The van der Waals surface area contributed by atoms with Crippen molar-refractivity contribution in [1.82, 2.24) is 4.90 Å². The molecule has 1 aliphatic heterocycles. The molecule has 5 heteroatoms. The van der Waals surface area contributed by atoms with Crippen LogP contribution in [0.15, 0.2) is 24.3 Å². The van der Waals surface area contributed by atoms with Crippen LogP contribution in [0.1, 0.15) is 50.2 Å². The third-order valence-electron chi connectivity index (χ3n) is 5.01. The average Bonchev–Trinajstić information content (AvgIpc) is 2.55. The summed E-state index contributed by atoms with van der Waals surface area (Å²) in [6, 6.07) is 9.61. The number of unbranched alkanes of at least 4 members (excludes halogenated alkanes) is 1. The van der Waals surface area contributed by atoms with Crippen molar-refractivity contribution >= 4 is 7.12 Å². The van der Waals surface area contributed by atoms with E-state index in [4.69, 9.17) is 15.8 Å². The van der Waals surface area contributed by atoms with Gasteiger partial charge < -0.3 is 15.8 Å². The van der Waals surface area contributed by atoms with Crippen LogP contribution in [-0.4, -0.2) is 40.7 Å². The topological polar surface area (TPSA) is 69.7 Å². The van der Waals surface area contributed by atoms with Crippen LogP contribution >= 0.6 is 0 Å². The largest absolute Gasteiger partial charge is 0.451 e. The quantitative estimate of drug-likeness (QED) is 0.482. The molecule has 0 spiro atoms. The van der Waals surface area contributed by atoms with Gasteiger partial charge in [-0.05, 0) is 43.1 Å². The van der Waals surface area contributed by atoms with Gasteiger partial charge in [-0.25, -0.2) is 0 Å². The standard InChI is InChI=1S/C18H31BN2O2/c1-2-18-13-15-7-3-4-8-16(15)14-21(18)12-10-17(20)9-5-6-11-19(22)23/h3-4,7-8,17-18,22-23H,2,5-6,9-14,20H2,1H3. The van der Waals surface area contributed by atoms with Gasteiger partial charge in [0.2, 0.25) is 0 Å². The molecule has 0 aromatic heterocycles. The monoisotopic (exact) mass is 318 g/mol. The molecule has 0 fully saturated rings. The van der Waals surface area contributed by atoms with Crippen molar-refractivity contribution in [2.75, 3.05) is 6.54 Å². The van der Waals surface area contributed by atoms with Gasteiger partial charge >= 0.3 is 7.12 Å². The zero-order valence-corrected chi connectivity index (χ0v) is 14.3. The van der Waals surface area contributed by atoms with Gasteiger partial charge in [0, 0.05) is 25.2 Å². The van der Waals surface area contributed by atoms with Crippen molar-refractivity contribution in [2.45, 2.75) is 70.4 Å². The molecule has 2 unspecified atom stereocenters. The molecule has 0 radical (unpaired) electrons. The van der Waals surface area contributed by atoms with E-state index in [0.29, 0.717) is 12.4 Å². The lowest BCUT2D eigenvalue weighted by Crippen LogP contribution is -2.42. The van der Waals surface area contributed by atoms with E-state index in [0.717, 1.165) is 45.2 Å². The first-order valence-corrected chi connectivity index (χ1v) is 9.02. The summed E-state index contributed by atoms with van der Waals surface area (Å²) in [5.41, 5.74) is 9.20. The molecule has 2 atom stereocenters. The van der Waals surface area contributed by atoms with E-state index in [1.54, 1.807) is 0 Å². The summed E-state index contributed by atoms with van der Waals surface area (Å²) in [5.74, 6) is 0. The Bertz CT molecular complexity index is 470. The highest BCUT2D eigenvalue weighted by Gasteiger charge is 2.24. The zero-order chi connectivity index (χ0) is 16.7. The molecule has 0 bridgehead atoms. The minimum Gasteiger partial charge on any atom is -0.427 e. The van der Waals surface area contributed by atoms with Crippen LogP contribution < -0.4 is 5.73 Å². The smallest absolute Gasteiger partial charge is 0.427 e. The van der Waals surface area contributed by atoms with Crippen LogP contribution in [0, 0.1) is 0 Å². The molecular weight excluding hydrogens is 287 g/mol. The van der Waals surface area contributed by atoms with Crippen molar-refractivity contribution in [2.24, 2.45) is 5.73 Å². The van der Waals surface area contributed by atoms with Gasteiger partial charge in [-0.15, -0.1) is 0 Å². The fraction of sp³-hybridized carbons (Fsp3) is 0.667. The third kappa shape index (κ3) is 5.92. The fourth-order valence-electron chi connectivity index (χ4n) is 3.52. The summed E-state index contributed by atoms with van der Waals surface area (Å²) < 4.78 is 0. The maximum atomic E-state index is 8.85. The van der Waals surface area contributed by atoms with Crippen molar-refractivity contribution in [1.29, 1.82) is 0 Å². The van der Waals surface area contributed by atoms with Gasteiger partial charge in [-0.3, -0.25) is 4.90 Å². The van der Waals surface area contributed by atoms with E-state index >= 15 is 0 Å². The van der Waals surface area contributed by atoms with Crippen molar-refractivity contribution in [3.8, 4) is 0 Å². The molecular formula is C18H31BN2O2. The molecule has 0 aliphatic carbocycles. The van der Waals surface area contributed by atoms with Gasteiger partial charge in [0.15, 0.2) is 0 Å². The van der Waals surface area contributed by atoms with E-state index in [1.807, 2.05) is 0 Å². The van der Waals surface area contributed by atoms with Crippen molar-refractivity contribution in [3.05, 3.63) is 35.4 Å². The first-order chi connectivity index (χ1) is 11.1. The molecule has 1 aromatic rings. The lowest BCUT2D eigenvalue weighted by molar-refractivity contribution is 0.160. The second kappa shape index (κ2) is 9.43. The van der Waals surface area contributed by atoms with Gasteiger partial charge in [0.25, 0.3) is 0 Å². The molecule has 1 heterocycles. The molecule has 1 aliphatic rings. The maximum absolute atomic E-state index is 8.85. The fourth-order valence-corrected chi connectivity index (χ4v) is 3.52. The van der Waals surface area contributed by atoms with Crippen molar-refractivity contribution in [3.63, 3.8) is 0 Å². The SMILES string of the molecule is CCC1Cc2ccccc2CN1CCC(N)CCCCB(O)O. The number of fused-ring (bicyclic) bond motifs is 1. The highest BCUT2D eigenvalue weighted by atomic mass is 16.4. The minimum absolute atomic E-state index is 0.209. The average molecular weight is 318 g/mol. The third-order valence-corrected chi connectivity index (χ3v) is 5.01. The normalized spacial score (nSPS) is 19.4. The van der Waals surface area contributed by atoms with E-state index in [2.05, 4.69) is 36.1 Å². The minimum atomic E-state index is -1.18. The second-order valence-corrected chi connectivity index (χ2v) is 6.82. The molecule has 2 rings (SSSR count). The number of hydrogen-bond acceptors (Lipinski definition) is 4. The van der Waals surface area contributed by atoms with Crippen LogP contribution in [0.4, 0.5) is 0 Å². The molecule has 0 saturated heterocycles. The number of nitrogens with zero attached hydrogens (tertiary/aromatic N) is 1. The summed E-state index contributed by atoms with van der Waals surface area (Å²) in [5, 5.41) is 17.7. The predicted molar refractivity (Wildman–Crippen MR) is 96.1 cm³/mol. The molecule has 4 nitrogen and oxygen atoms in total. The van der Waals surface area contributed by atoms with Crippen LogP contribution in [0.2, 0.25) is 6.32 Å². The molecule has 128 valence electrons. The van der Waals surface area contributed by atoms with Gasteiger partial charge in [-0.2, -0.15) is 0 Å². The first kappa shape index (κ1) is 18.5. The number of benzene rings is 1. The van der Waals surface area contributed by atoms with Crippen molar-refractivity contribution < 1.29 is 10.0 Å².